The fraction of sp³-hybridized carbons (Fsp3) is 0.562. The second-order valence-electron chi connectivity index (χ2n) is 5.81. The van der Waals surface area contributed by atoms with E-state index in [1.807, 2.05) is 0 Å². The van der Waals surface area contributed by atoms with E-state index < -0.39 is 22.4 Å². The maximum absolute atomic E-state index is 13.9. The van der Waals surface area contributed by atoms with Crippen molar-refractivity contribution in [1.29, 1.82) is 0 Å². The van der Waals surface area contributed by atoms with Gasteiger partial charge in [-0.3, -0.25) is 4.21 Å². The lowest BCUT2D eigenvalue weighted by molar-refractivity contribution is 0.170. The van der Waals surface area contributed by atoms with Crippen LogP contribution in [-0.4, -0.2) is 39.7 Å². The number of carbonyl (C=O) groups is 1. The molecule has 1 atom stereocenters. The molecular weight excluding hydrogens is 322 g/mol. The van der Waals surface area contributed by atoms with E-state index >= 15 is 0 Å². The number of carbonyl (C=O) groups excluding carboxylic acids is 1. The zero-order valence-corrected chi connectivity index (χ0v) is 14.0. The molecule has 1 N–H and O–H groups in total. The third-order valence-electron chi connectivity index (χ3n) is 4.04. The van der Waals surface area contributed by atoms with Crippen LogP contribution in [0.2, 0.25) is 0 Å². The van der Waals surface area contributed by atoms with Crippen LogP contribution >= 0.6 is 0 Å². The molecule has 2 rings (SSSR count). The van der Waals surface area contributed by atoms with Crippen LogP contribution in [0.1, 0.15) is 31.2 Å². The van der Waals surface area contributed by atoms with Crippen LogP contribution in [0.15, 0.2) is 18.2 Å². The van der Waals surface area contributed by atoms with Crippen molar-refractivity contribution in [2.45, 2.75) is 38.3 Å². The van der Waals surface area contributed by atoms with Crippen LogP contribution in [-0.2, 0) is 17.3 Å². The maximum Gasteiger partial charge on any atom is 0.317 e. The molecule has 0 unspecified atom stereocenters. The molecule has 1 aliphatic rings. The summed E-state index contributed by atoms with van der Waals surface area (Å²) in [7, 11) is -0.985. The van der Waals surface area contributed by atoms with Crippen LogP contribution in [0.5, 0.6) is 0 Å². The first kappa shape index (κ1) is 17.8. The molecule has 0 spiro atoms. The molecule has 23 heavy (non-hydrogen) atoms. The summed E-state index contributed by atoms with van der Waals surface area (Å²) in [6.07, 6.45) is 5.36. The molecule has 0 heterocycles. The molecule has 1 fully saturated rings. The first-order chi connectivity index (χ1) is 11.0. The molecule has 0 bridgehead atoms. The van der Waals surface area contributed by atoms with Crippen molar-refractivity contribution in [2.24, 2.45) is 0 Å². The second kappa shape index (κ2) is 8.38. The molecule has 0 saturated heterocycles. The van der Waals surface area contributed by atoms with Crippen LogP contribution < -0.4 is 5.32 Å². The van der Waals surface area contributed by atoms with Gasteiger partial charge in [0, 0.05) is 41.0 Å². The fourth-order valence-corrected chi connectivity index (χ4v) is 3.22. The Kier molecular flexibility index (Phi) is 6.50. The third kappa shape index (κ3) is 5.27. The van der Waals surface area contributed by atoms with E-state index in [2.05, 4.69) is 5.32 Å². The largest absolute Gasteiger partial charge is 0.337 e. The fourth-order valence-electron chi connectivity index (χ4n) is 2.83. The molecule has 2 amide bonds. The molecule has 7 heteroatoms. The SMILES string of the molecule is C[S@](=O)CCNC(=O)N(Cc1cc(F)ccc1F)C1CCCC1. The second-order valence-corrected chi connectivity index (χ2v) is 7.37. The topological polar surface area (TPSA) is 49.4 Å². The minimum atomic E-state index is -0.985. The van der Waals surface area contributed by atoms with Crippen molar-refractivity contribution < 1.29 is 17.8 Å². The molecular formula is C16H22F2N2O2S. The molecule has 1 aromatic rings. The van der Waals surface area contributed by atoms with E-state index in [0.29, 0.717) is 12.3 Å². The summed E-state index contributed by atoms with van der Waals surface area (Å²) >= 11 is 0. The van der Waals surface area contributed by atoms with Gasteiger partial charge in [-0.05, 0) is 31.0 Å². The van der Waals surface area contributed by atoms with Crippen molar-refractivity contribution >= 4 is 16.8 Å². The third-order valence-corrected chi connectivity index (χ3v) is 4.82. The summed E-state index contributed by atoms with van der Waals surface area (Å²) < 4.78 is 38.3. The standard InChI is InChI=1S/C16H22F2N2O2S/c1-23(22)9-8-19-16(21)20(14-4-2-3-5-14)11-12-10-13(17)6-7-15(12)18/h6-7,10,14H,2-5,8-9,11H2,1H3,(H,19,21)/t23-/m0/s1. The van der Waals surface area contributed by atoms with E-state index in [-0.39, 0.29) is 24.2 Å². The van der Waals surface area contributed by atoms with Gasteiger partial charge in [-0.15, -0.1) is 0 Å². The van der Waals surface area contributed by atoms with Crippen LogP contribution in [0.25, 0.3) is 0 Å². The Labute approximate surface area is 137 Å². The van der Waals surface area contributed by atoms with Gasteiger partial charge in [0.1, 0.15) is 11.6 Å². The lowest BCUT2D eigenvalue weighted by Gasteiger charge is -2.29. The smallest absolute Gasteiger partial charge is 0.317 e. The summed E-state index contributed by atoms with van der Waals surface area (Å²) in [6.45, 7) is 0.339. The summed E-state index contributed by atoms with van der Waals surface area (Å²) in [5.74, 6) is -0.662. The number of hydrogen-bond acceptors (Lipinski definition) is 2. The predicted octanol–water partition coefficient (Wildman–Crippen LogP) is 2.80. The van der Waals surface area contributed by atoms with Crippen molar-refractivity contribution in [3.05, 3.63) is 35.4 Å². The van der Waals surface area contributed by atoms with E-state index in [1.54, 1.807) is 11.2 Å². The average Bonchev–Trinajstić information content (AvgIpc) is 3.01. The van der Waals surface area contributed by atoms with E-state index in [4.69, 9.17) is 0 Å². The van der Waals surface area contributed by atoms with Gasteiger partial charge in [-0.1, -0.05) is 12.8 Å². The number of amides is 2. The van der Waals surface area contributed by atoms with Crippen molar-refractivity contribution in [3.63, 3.8) is 0 Å². The highest BCUT2D eigenvalue weighted by Crippen LogP contribution is 2.25. The number of hydrogen-bond donors (Lipinski definition) is 1. The lowest BCUT2D eigenvalue weighted by atomic mass is 10.1. The van der Waals surface area contributed by atoms with Gasteiger partial charge in [0.05, 0.1) is 6.54 Å². The number of nitrogens with zero attached hydrogens (tertiary/aromatic N) is 1. The van der Waals surface area contributed by atoms with E-state index in [1.165, 1.54) is 0 Å². The number of rotatable bonds is 6. The Morgan fingerprint density at radius 1 is 1.35 bits per heavy atom. The average molecular weight is 344 g/mol. The van der Waals surface area contributed by atoms with E-state index in [0.717, 1.165) is 43.9 Å². The molecule has 0 aliphatic heterocycles. The molecule has 0 radical (unpaired) electrons. The van der Waals surface area contributed by atoms with Gasteiger partial charge in [0.2, 0.25) is 0 Å². The summed E-state index contributed by atoms with van der Waals surface area (Å²) in [4.78, 5) is 14.0. The normalized spacial score (nSPS) is 16.3. The van der Waals surface area contributed by atoms with Gasteiger partial charge >= 0.3 is 6.03 Å². The van der Waals surface area contributed by atoms with Crippen molar-refractivity contribution in [1.82, 2.24) is 10.2 Å². The number of halogens is 2. The Morgan fingerprint density at radius 2 is 2.04 bits per heavy atom. The zero-order valence-electron chi connectivity index (χ0n) is 13.2. The molecule has 1 aromatic carbocycles. The molecule has 128 valence electrons. The Bertz CT molecular complexity index is 577. The van der Waals surface area contributed by atoms with E-state index in [9.17, 15) is 17.8 Å². The Balaban J connectivity index is 2.08. The van der Waals surface area contributed by atoms with Crippen molar-refractivity contribution in [3.8, 4) is 0 Å². The van der Waals surface area contributed by atoms with Gasteiger partial charge < -0.3 is 10.2 Å². The summed E-state index contributed by atoms with van der Waals surface area (Å²) in [5.41, 5.74) is 0.172. The zero-order chi connectivity index (χ0) is 16.8. The number of benzene rings is 1. The Hall–Kier alpha value is -1.50. The van der Waals surface area contributed by atoms with Crippen molar-refractivity contribution in [2.75, 3.05) is 18.6 Å². The highest BCUT2D eigenvalue weighted by Gasteiger charge is 2.27. The predicted molar refractivity (Wildman–Crippen MR) is 86.5 cm³/mol. The highest BCUT2D eigenvalue weighted by molar-refractivity contribution is 7.84. The first-order valence-corrected chi connectivity index (χ1v) is 9.48. The maximum atomic E-state index is 13.9. The minimum Gasteiger partial charge on any atom is -0.337 e. The van der Waals surface area contributed by atoms with Gasteiger partial charge in [0.25, 0.3) is 0 Å². The quantitative estimate of drug-likeness (QED) is 0.863. The summed E-state index contributed by atoms with van der Waals surface area (Å²) in [6, 6.07) is 2.99. The molecule has 1 aliphatic carbocycles. The molecule has 0 aromatic heterocycles. The van der Waals surface area contributed by atoms with Gasteiger partial charge in [-0.25, -0.2) is 13.6 Å². The lowest BCUT2D eigenvalue weighted by Crippen LogP contribution is -2.45. The Morgan fingerprint density at radius 3 is 2.70 bits per heavy atom. The highest BCUT2D eigenvalue weighted by atomic mass is 32.2. The van der Waals surface area contributed by atoms with Crippen LogP contribution in [0.4, 0.5) is 13.6 Å². The minimum absolute atomic E-state index is 0.0322. The molecule has 4 nitrogen and oxygen atoms in total. The summed E-state index contributed by atoms with van der Waals surface area (Å²) in [5, 5.41) is 2.72. The first-order valence-electron chi connectivity index (χ1n) is 7.76. The van der Waals surface area contributed by atoms with Gasteiger partial charge in [-0.2, -0.15) is 0 Å². The monoisotopic (exact) mass is 344 g/mol. The van der Waals surface area contributed by atoms with Crippen LogP contribution in [0.3, 0.4) is 0 Å². The van der Waals surface area contributed by atoms with Gasteiger partial charge in [0.15, 0.2) is 0 Å². The molecule has 1 saturated carbocycles. The number of nitrogens with one attached hydrogen (secondary N) is 1. The number of urea groups is 1. The van der Waals surface area contributed by atoms with Crippen LogP contribution in [0, 0.1) is 11.6 Å².